The van der Waals surface area contributed by atoms with Crippen LogP contribution in [-0.4, -0.2) is 18.3 Å². The first-order valence-corrected chi connectivity index (χ1v) is 2.42. The van der Waals surface area contributed by atoms with Crippen LogP contribution >= 0.6 is 0 Å². The summed E-state index contributed by atoms with van der Waals surface area (Å²) < 4.78 is 8.87. The molecule has 52 valence electrons. The zero-order chi connectivity index (χ0) is 7.40. The molecule has 0 amide bonds. The molecular formula is C5H3NO4. The van der Waals surface area contributed by atoms with Gasteiger partial charge >= 0.3 is 5.97 Å². The quantitative estimate of drug-likeness (QED) is 0.285. The van der Waals surface area contributed by atoms with Crippen molar-refractivity contribution in [3.05, 3.63) is 12.5 Å². The highest BCUT2D eigenvalue weighted by atomic mass is 16.6. The Balaban J connectivity index is 2.68. The van der Waals surface area contributed by atoms with Crippen LogP contribution in [0.4, 0.5) is 0 Å². The van der Waals surface area contributed by atoms with Gasteiger partial charge in [0, 0.05) is 0 Å². The first-order valence-electron chi connectivity index (χ1n) is 2.42. The molecule has 1 atom stereocenters. The number of nitrogens with zero attached hydrogens (tertiary/aromatic N) is 1. The number of aliphatic imine (C=N–C) groups is 1. The third kappa shape index (κ3) is 1.21. The van der Waals surface area contributed by atoms with Crippen molar-refractivity contribution in [2.75, 3.05) is 0 Å². The molecule has 0 N–H and O–H groups in total. The van der Waals surface area contributed by atoms with E-state index in [1.165, 1.54) is 6.08 Å². The van der Waals surface area contributed by atoms with Gasteiger partial charge in [0.25, 0.3) is 6.23 Å². The molecule has 0 aromatic carbocycles. The molecule has 5 nitrogen and oxygen atoms in total. The third-order valence-electron chi connectivity index (χ3n) is 0.819. The van der Waals surface area contributed by atoms with E-state index in [9.17, 15) is 9.59 Å². The fourth-order valence-electron chi connectivity index (χ4n) is 0.446. The van der Waals surface area contributed by atoms with Gasteiger partial charge in [0.1, 0.15) is 12.5 Å². The number of hydrogen-bond donors (Lipinski definition) is 0. The van der Waals surface area contributed by atoms with E-state index in [0.29, 0.717) is 0 Å². The second kappa shape index (κ2) is 2.80. The van der Waals surface area contributed by atoms with Gasteiger partial charge < -0.3 is 9.47 Å². The van der Waals surface area contributed by atoms with Crippen LogP contribution in [-0.2, 0) is 19.1 Å². The molecule has 1 aliphatic rings. The van der Waals surface area contributed by atoms with Crippen molar-refractivity contribution >= 4 is 12.0 Å². The fraction of sp³-hybridized carbons (Fsp3) is 0.200. The zero-order valence-corrected chi connectivity index (χ0v) is 4.81. The van der Waals surface area contributed by atoms with Gasteiger partial charge in [0.15, 0.2) is 0 Å². The minimum absolute atomic E-state index is 0.717. The SMILES string of the molecule is O=C=NC1OC=COC1=O. The highest BCUT2D eigenvalue weighted by Gasteiger charge is 2.21. The summed E-state index contributed by atoms with van der Waals surface area (Å²) in [7, 11) is 0. The Morgan fingerprint density at radius 1 is 1.60 bits per heavy atom. The Hall–Kier alpha value is -1.61. The average molecular weight is 141 g/mol. The molecule has 0 bridgehead atoms. The van der Waals surface area contributed by atoms with E-state index in [2.05, 4.69) is 14.5 Å². The summed E-state index contributed by atoms with van der Waals surface area (Å²) in [5.41, 5.74) is 0. The Morgan fingerprint density at radius 3 is 3.00 bits per heavy atom. The summed E-state index contributed by atoms with van der Waals surface area (Å²) in [4.78, 5) is 23.1. The van der Waals surface area contributed by atoms with Crippen LogP contribution in [0.15, 0.2) is 17.5 Å². The van der Waals surface area contributed by atoms with E-state index in [0.717, 1.165) is 12.5 Å². The Labute approximate surface area is 55.9 Å². The molecule has 10 heavy (non-hydrogen) atoms. The lowest BCUT2D eigenvalue weighted by Gasteiger charge is -2.10. The fourth-order valence-corrected chi connectivity index (χ4v) is 0.446. The van der Waals surface area contributed by atoms with Crippen molar-refractivity contribution in [3.8, 4) is 0 Å². The van der Waals surface area contributed by atoms with Crippen molar-refractivity contribution in [1.82, 2.24) is 0 Å². The number of ether oxygens (including phenoxy) is 2. The summed E-state index contributed by atoms with van der Waals surface area (Å²) in [5, 5.41) is 0. The Morgan fingerprint density at radius 2 is 2.40 bits per heavy atom. The number of hydrogen-bond acceptors (Lipinski definition) is 5. The van der Waals surface area contributed by atoms with Crippen molar-refractivity contribution in [1.29, 1.82) is 0 Å². The van der Waals surface area contributed by atoms with Crippen LogP contribution < -0.4 is 0 Å². The van der Waals surface area contributed by atoms with Crippen LogP contribution in [0.2, 0.25) is 0 Å². The van der Waals surface area contributed by atoms with Gasteiger partial charge in [0.05, 0.1) is 0 Å². The second-order valence-electron chi connectivity index (χ2n) is 1.42. The molecule has 0 aliphatic carbocycles. The van der Waals surface area contributed by atoms with Gasteiger partial charge in [-0.25, -0.2) is 9.59 Å². The van der Waals surface area contributed by atoms with Crippen molar-refractivity contribution in [2.24, 2.45) is 4.99 Å². The van der Waals surface area contributed by atoms with Crippen molar-refractivity contribution in [2.45, 2.75) is 6.23 Å². The van der Waals surface area contributed by atoms with E-state index in [-0.39, 0.29) is 0 Å². The lowest BCUT2D eigenvalue weighted by molar-refractivity contribution is -0.151. The molecule has 1 unspecified atom stereocenters. The summed E-state index contributed by atoms with van der Waals surface area (Å²) in [6, 6.07) is 0. The molecule has 5 heteroatoms. The minimum Gasteiger partial charge on any atom is -0.461 e. The minimum atomic E-state index is -1.18. The molecule has 1 aliphatic heterocycles. The van der Waals surface area contributed by atoms with Gasteiger partial charge in [-0.15, -0.1) is 4.99 Å². The van der Waals surface area contributed by atoms with E-state index in [1.54, 1.807) is 0 Å². The Kier molecular flexibility index (Phi) is 1.82. The first-order chi connectivity index (χ1) is 4.84. The van der Waals surface area contributed by atoms with Crippen LogP contribution in [0, 0.1) is 0 Å². The summed E-state index contributed by atoms with van der Waals surface area (Å²) in [6.07, 6.45) is 2.21. The van der Waals surface area contributed by atoms with Gasteiger partial charge in [-0.3, -0.25) is 0 Å². The van der Waals surface area contributed by atoms with Crippen LogP contribution in [0.5, 0.6) is 0 Å². The number of carbonyl (C=O) groups is 1. The standard InChI is InChI=1S/C5H3NO4/c7-3-6-4-5(8)10-2-1-9-4/h1-2,4H. The topological polar surface area (TPSA) is 65.0 Å². The molecule has 1 heterocycles. The van der Waals surface area contributed by atoms with E-state index in [1.807, 2.05) is 0 Å². The number of cyclic esters (lactones) is 1. The molecule has 0 spiro atoms. The third-order valence-corrected chi connectivity index (χ3v) is 0.819. The predicted octanol–water partition coefficient (Wildman–Crippen LogP) is -0.307. The normalized spacial score (nSPS) is 22.4. The Bertz CT molecular complexity index is 216. The van der Waals surface area contributed by atoms with Crippen LogP contribution in [0.1, 0.15) is 0 Å². The largest absolute Gasteiger partial charge is 0.461 e. The molecule has 0 saturated carbocycles. The van der Waals surface area contributed by atoms with Gasteiger partial charge in [-0.2, -0.15) is 0 Å². The maximum absolute atomic E-state index is 10.5. The molecule has 0 radical (unpaired) electrons. The number of isocyanates is 1. The molecule has 0 aromatic heterocycles. The first kappa shape index (κ1) is 6.51. The molecule has 1 rings (SSSR count). The smallest absolute Gasteiger partial charge is 0.376 e. The van der Waals surface area contributed by atoms with Gasteiger partial charge in [0.2, 0.25) is 6.08 Å². The zero-order valence-electron chi connectivity index (χ0n) is 4.81. The van der Waals surface area contributed by atoms with Crippen LogP contribution in [0.25, 0.3) is 0 Å². The number of carbonyl (C=O) groups excluding carboxylic acids is 2. The van der Waals surface area contributed by atoms with Crippen molar-refractivity contribution in [3.63, 3.8) is 0 Å². The molecular weight excluding hydrogens is 138 g/mol. The van der Waals surface area contributed by atoms with Gasteiger partial charge in [-0.05, 0) is 0 Å². The van der Waals surface area contributed by atoms with E-state index in [4.69, 9.17) is 0 Å². The lowest BCUT2D eigenvalue weighted by Crippen LogP contribution is -2.23. The van der Waals surface area contributed by atoms with Gasteiger partial charge in [-0.1, -0.05) is 0 Å². The average Bonchev–Trinajstić information content (AvgIpc) is 1.94. The highest BCUT2D eigenvalue weighted by molar-refractivity contribution is 5.76. The summed E-state index contributed by atoms with van der Waals surface area (Å²) in [5.74, 6) is -0.717. The number of rotatable bonds is 1. The molecule has 0 saturated heterocycles. The van der Waals surface area contributed by atoms with Crippen molar-refractivity contribution < 1.29 is 19.1 Å². The lowest BCUT2D eigenvalue weighted by atomic mass is 10.6. The van der Waals surface area contributed by atoms with E-state index >= 15 is 0 Å². The molecule has 0 fully saturated rings. The summed E-state index contributed by atoms with van der Waals surface area (Å²) in [6.45, 7) is 0. The number of esters is 1. The maximum Gasteiger partial charge on any atom is 0.376 e. The second-order valence-corrected chi connectivity index (χ2v) is 1.42. The van der Waals surface area contributed by atoms with E-state index < -0.39 is 12.2 Å². The predicted molar refractivity (Wildman–Crippen MR) is 28.2 cm³/mol. The highest BCUT2D eigenvalue weighted by Crippen LogP contribution is 2.03. The molecule has 0 aromatic rings. The van der Waals surface area contributed by atoms with Crippen LogP contribution in [0.3, 0.4) is 0 Å². The maximum atomic E-state index is 10.5. The monoisotopic (exact) mass is 141 g/mol. The summed E-state index contributed by atoms with van der Waals surface area (Å²) >= 11 is 0.